The van der Waals surface area contributed by atoms with Gasteiger partial charge >= 0.3 is 0 Å². The highest BCUT2D eigenvalue weighted by atomic mass is 16.1. The molecule has 6 nitrogen and oxygen atoms in total. The van der Waals surface area contributed by atoms with E-state index in [1.54, 1.807) is 4.79 Å². The summed E-state index contributed by atoms with van der Waals surface area (Å²) >= 11 is 0. The van der Waals surface area contributed by atoms with Gasteiger partial charge < -0.3 is 5.32 Å². The highest BCUT2D eigenvalue weighted by molar-refractivity contribution is 5.80. The van der Waals surface area contributed by atoms with Gasteiger partial charge in [-0.2, -0.15) is 4.79 Å². The molecule has 0 saturated heterocycles. The Hall–Kier alpha value is -3.15. The third-order valence-corrected chi connectivity index (χ3v) is 4.94. The maximum atomic E-state index is 12.0. The molecule has 1 saturated carbocycles. The molecule has 1 aromatic heterocycles. The van der Waals surface area contributed by atoms with E-state index in [4.69, 9.17) is 0 Å². The number of aromatic nitrogens is 3. The van der Waals surface area contributed by atoms with Crippen molar-refractivity contribution >= 4 is 16.9 Å². The first kappa shape index (κ1) is 19.6. The fraction of sp³-hybridized carbons (Fsp3) is 0.318. The summed E-state index contributed by atoms with van der Waals surface area (Å²) in [6.07, 6.45) is 12.1. The van der Waals surface area contributed by atoms with Crippen LogP contribution in [0.3, 0.4) is 0 Å². The van der Waals surface area contributed by atoms with E-state index in [1.165, 1.54) is 0 Å². The van der Waals surface area contributed by atoms with Gasteiger partial charge in [0.05, 0.1) is 5.70 Å². The number of nitrogens with zero attached hydrogens (tertiary/aromatic N) is 3. The van der Waals surface area contributed by atoms with Gasteiger partial charge in [-0.3, -0.25) is 10.2 Å². The molecule has 2 N–H and O–H groups in total. The van der Waals surface area contributed by atoms with Crippen LogP contribution in [0.1, 0.15) is 26.7 Å². The van der Waals surface area contributed by atoms with E-state index in [1.807, 2.05) is 62.4 Å². The molecule has 146 valence electrons. The van der Waals surface area contributed by atoms with Crippen molar-refractivity contribution in [3.63, 3.8) is 0 Å². The zero-order valence-electron chi connectivity index (χ0n) is 16.4. The number of fused-ring (bicyclic) bond motifs is 1. The number of nitrogens with one attached hydrogen (secondary N) is 2. The molecule has 2 atom stereocenters. The maximum Gasteiger partial charge on any atom is 0.223 e. The van der Waals surface area contributed by atoms with Crippen molar-refractivity contribution in [2.75, 3.05) is 12.0 Å². The number of para-hydroxylation sites is 1. The largest absolute Gasteiger partial charge is 0.356 e. The smallest absolute Gasteiger partial charge is 0.223 e. The van der Waals surface area contributed by atoms with Gasteiger partial charge in [0.1, 0.15) is 11.0 Å². The molecule has 28 heavy (non-hydrogen) atoms. The van der Waals surface area contributed by atoms with E-state index in [-0.39, 0.29) is 11.8 Å². The minimum absolute atomic E-state index is 0.0950. The molecule has 0 aliphatic heterocycles. The molecule has 2 aromatic rings. The summed E-state index contributed by atoms with van der Waals surface area (Å²) in [6, 6.07) is 7.74. The van der Waals surface area contributed by atoms with Gasteiger partial charge in [0.15, 0.2) is 0 Å². The van der Waals surface area contributed by atoms with Gasteiger partial charge in [0, 0.05) is 12.5 Å². The number of carbonyl (C=O) groups is 1. The Morgan fingerprint density at radius 1 is 1.36 bits per heavy atom. The molecular formula is C22H27N5O. The third kappa shape index (κ3) is 4.39. The van der Waals surface area contributed by atoms with Crippen LogP contribution in [0.15, 0.2) is 72.5 Å². The summed E-state index contributed by atoms with van der Waals surface area (Å²) in [5.41, 5.74) is 6.55. The predicted octanol–water partition coefficient (Wildman–Crippen LogP) is 3.71. The number of carbonyl (C=O) groups excluding carboxylic acids is 1. The maximum absolute atomic E-state index is 12.0. The van der Waals surface area contributed by atoms with Gasteiger partial charge in [-0.15, -0.1) is 5.10 Å². The molecule has 1 aromatic carbocycles. The van der Waals surface area contributed by atoms with Gasteiger partial charge in [-0.25, -0.2) is 0 Å². The molecule has 1 fully saturated rings. The molecule has 6 heteroatoms. The van der Waals surface area contributed by atoms with Crippen LogP contribution in [-0.4, -0.2) is 27.6 Å². The molecule has 1 unspecified atom stereocenters. The van der Waals surface area contributed by atoms with Crippen LogP contribution in [0, 0.1) is 11.8 Å². The Morgan fingerprint density at radius 3 is 2.89 bits per heavy atom. The molecule has 0 spiro atoms. The van der Waals surface area contributed by atoms with Gasteiger partial charge in [0.2, 0.25) is 5.91 Å². The number of allylic oxidation sites excluding steroid dienone is 5. The number of rotatable bonds is 8. The number of hydrogen-bond acceptors (Lipinski definition) is 4. The number of benzene rings is 1. The van der Waals surface area contributed by atoms with E-state index in [2.05, 4.69) is 33.7 Å². The van der Waals surface area contributed by atoms with Crippen molar-refractivity contribution < 1.29 is 4.79 Å². The van der Waals surface area contributed by atoms with Crippen molar-refractivity contribution in [1.29, 1.82) is 0 Å². The van der Waals surface area contributed by atoms with Gasteiger partial charge in [0.25, 0.3) is 0 Å². The van der Waals surface area contributed by atoms with Crippen LogP contribution < -0.4 is 10.7 Å². The Labute approximate surface area is 165 Å². The van der Waals surface area contributed by atoms with Crippen molar-refractivity contribution in [1.82, 2.24) is 20.4 Å². The lowest BCUT2D eigenvalue weighted by atomic mass is 9.73. The van der Waals surface area contributed by atoms with Crippen LogP contribution in [0.2, 0.25) is 0 Å². The standard InChI is InChI=1S/C22H27N5O/c1-4-9-17(10-8-11-18-14-15-19(18)22(28)23-5-2)16(3)25-27-21-13-7-6-12-20(21)24-26-27/h4,6-13,18-19,25H,3,5,14-15H2,1-2H3,(H,23,28)/b9-4-,11-8+,17-10+/t18-,19?/m1/s1. The second kappa shape index (κ2) is 9.17. The summed E-state index contributed by atoms with van der Waals surface area (Å²) in [4.78, 5) is 13.6. The van der Waals surface area contributed by atoms with Crippen molar-refractivity contribution in [2.45, 2.75) is 26.7 Å². The summed E-state index contributed by atoms with van der Waals surface area (Å²) in [7, 11) is 0. The molecule has 1 amide bonds. The lowest BCUT2D eigenvalue weighted by molar-refractivity contribution is -0.129. The Balaban J connectivity index is 1.68. The van der Waals surface area contributed by atoms with Crippen molar-refractivity contribution in [3.8, 4) is 0 Å². The summed E-state index contributed by atoms with van der Waals surface area (Å²) in [5, 5.41) is 11.2. The Kier molecular flexibility index (Phi) is 6.42. The molecule has 1 heterocycles. The molecular weight excluding hydrogens is 350 g/mol. The van der Waals surface area contributed by atoms with Crippen LogP contribution in [-0.2, 0) is 4.79 Å². The lowest BCUT2D eigenvalue weighted by Gasteiger charge is -2.33. The first-order chi connectivity index (χ1) is 13.6. The van der Waals surface area contributed by atoms with Gasteiger partial charge in [-0.1, -0.05) is 49.1 Å². The van der Waals surface area contributed by atoms with E-state index in [0.29, 0.717) is 18.2 Å². The first-order valence-electron chi connectivity index (χ1n) is 9.69. The lowest BCUT2D eigenvalue weighted by Crippen LogP contribution is -2.39. The highest BCUT2D eigenvalue weighted by Crippen LogP contribution is 2.35. The van der Waals surface area contributed by atoms with E-state index < -0.39 is 0 Å². The average molecular weight is 377 g/mol. The van der Waals surface area contributed by atoms with Crippen LogP contribution in [0.5, 0.6) is 0 Å². The topological polar surface area (TPSA) is 71.8 Å². The number of amides is 1. The van der Waals surface area contributed by atoms with Crippen molar-refractivity contribution in [3.05, 3.63) is 72.5 Å². The quantitative estimate of drug-likeness (QED) is 0.688. The zero-order chi connectivity index (χ0) is 19.9. The minimum Gasteiger partial charge on any atom is -0.356 e. The van der Waals surface area contributed by atoms with Crippen LogP contribution in [0.25, 0.3) is 11.0 Å². The molecule has 1 aliphatic rings. The fourth-order valence-electron chi connectivity index (χ4n) is 3.27. The highest BCUT2D eigenvalue weighted by Gasteiger charge is 2.34. The van der Waals surface area contributed by atoms with E-state index in [9.17, 15) is 4.79 Å². The van der Waals surface area contributed by atoms with Crippen LogP contribution in [0.4, 0.5) is 0 Å². The van der Waals surface area contributed by atoms with E-state index >= 15 is 0 Å². The summed E-state index contributed by atoms with van der Waals surface area (Å²) < 4.78 is 0. The molecule has 0 radical (unpaired) electrons. The number of hydrogen-bond donors (Lipinski definition) is 2. The predicted molar refractivity (Wildman–Crippen MR) is 113 cm³/mol. The van der Waals surface area contributed by atoms with Gasteiger partial charge in [-0.05, 0) is 55.5 Å². The Bertz CT molecular complexity index is 937. The molecule has 0 bridgehead atoms. The second-order valence-corrected chi connectivity index (χ2v) is 6.83. The normalized spacial score (nSPS) is 19.9. The zero-order valence-corrected chi connectivity index (χ0v) is 16.4. The SMILES string of the molecule is C=C(Nn1nnc2ccccc21)C(/C=C\C)=C/C=C/[C@@H]1CCC1C(=O)NCC. The van der Waals surface area contributed by atoms with E-state index in [0.717, 1.165) is 29.4 Å². The monoisotopic (exact) mass is 377 g/mol. The second-order valence-electron chi connectivity index (χ2n) is 6.83. The summed E-state index contributed by atoms with van der Waals surface area (Å²) in [5.74, 6) is 0.554. The first-order valence-corrected chi connectivity index (χ1v) is 9.69. The molecule has 1 aliphatic carbocycles. The van der Waals surface area contributed by atoms with Crippen molar-refractivity contribution in [2.24, 2.45) is 11.8 Å². The third-order valence-electron chi connectivity index (χ3n) is 4.94. The average Bonchev–Trinajstić information content (AvgIpc) is 3.06. The minimum atomic E-state index is 0.0950. The Morgan fingerprint density at radius 2 is 2.18 bits per heavy atom. The fourth-order valence-corrected chi connectivity index (χ4v) is 3.27. The summed E-state index contributed by atoms with van der Waals surface area (Å²) in [6.45, 7) is 8.73. The van der Waals surface area contributed by atoms with Crippen LogP contribution >= 0.6 is 0 Å². The molecule has 3 rings (SSSR count).